The molecule has 1 aromatic heterocycles. The van der Waals surface area contributed by atoms with Crippen LogP contribution < -0.4 is 9.47 Å². The van der Waals surface area contributed by atoms with Crippen molar-refractivity contribution < 1.29 is 9.47 Å². The van der Waals surface area contributed by atoms with Crippen molar-refractivity contribution in [2.45, 2.75) is 26.7 Å². The van der Waals surface area contributed by atoms with Crippen LogP contribution in [0, 0.1) is 11.3 Å². The molecule has 2 aromatic carbocycles. The van der Waals surface area contributed by atoms with Crippen molar-refractivity contribution in [2.24, 2.45) is 0 Å². The maximum atomic E-state index is 9.66. The molecule has 5 heteroatoms. The topological polar surface area (TPSA) is 70.9 Å². The van der Waals surface area contributed by atoms with E-state index in [1.165, 1.54) is 0 Å². The number of imidazole rings is 1. The number of ether oxygens (including phenoxy) is 2. The van der Waals surface area contributed by atoms with Crippen LogP contribution in [-0.4, -0.2) is 23.2 Å². The first kappa shape index (κ1) is 18.5. The Hall–Kier alpha value is -3.26. The van der Waals surface area contributed by atoms with Gasteiger partial charge in [0.15, 0.2) is 0 Å². The van der Waals surface area contributed by atoms with Gasteiger partial charge in [-0.15, -0.1) is 0 Å². The van der Waals surface area contributed by atoms with Gasteiger partial charge < -0.3 is 14.5 Å². The summed E-state index contributed by atoms with van der Waals surface area (Å²) in [6, 6.07) is 15.6. The van der Waals surface area contributed by atoms with Gasteiger partial charge in [0.2, 0.25) is 0 Å². The van der Waals surface area contributed by atoms with E-state index in [1.54, 1.807) is 6.08 Å². The lowest BCUT2D eigenvalue weighted by Gasteiger charge is -2.12. The molecule has 5 nitrogen and oxygen atoms in total. The number of fused-ring (bicyclic) bond motifs is 1. The Bertz CT molecular complexity index is 950. The molecule has 3 aromatic rings. The van der Waals surface area contributed by atoms with E-state index in [0.717, 1.165) is 35.2 Å². The van der Waals surface area contributed by atoms with E-state index in [0.29, 0.717) is 30.4 Å². The van der Waals surface area contributed by atoms with Gasteiger partial charge in [-0.3, -0.25) is 0 Å². The van der Waals surface area contributed by atoms with Crippen LogP contribution in [0.3, 0.4) is 0 Å². The summed E-state index contributed by atoms with van der Waals surface area (Å²) >= 11 is 0. The zero-order valence-electron chi connectivity index (χ0n) is 15.7. The molecule has 0 bridgehead atoms. The third-order valence-corrected chi connectivity index (χ3v) is 3.98. The lowest BCUT2D eigenvalue weighted by Crippen LogP contribution is -2.00. The summed E-state index contributed by atoms with van der Waals surface area (Å²) < 4.78 is 11.6. The van der Waals surface area contributed by atoms with Gasteiger partial charge in [-0.25, -0.2) is 4.98 Å². The van der Waals surface area contributed by atoms with Gasteiger partial charge in [-0.1, -0.05) is 26.0 Å². The molecule has 0 unspecified atom stereocenters. The van der Waals surface area contributed by atoms with Crippen LogP contribution in [0.15, 0.2) is 42.5 Å². The SMILES string of the molecule is CCCOc1ccc(C=C(C#N)c2nc3ccccc3[nH]2)c(OCCC)c1. The minimum atomic E-state index is 0.453. The Balaban J connectivity index is 1.97. The summed E-state index contributed by atoms with van der Waals surface area (Å²) in [5.41, 5.74) is 3.01. The number of benzene rings is 2. The Morgan fingerprint density at radius 2 is 1.89 bits per heavy atom. The number of para-hydroxylation sites is 2. The molecule has 0 spiro atoms. The first-order chi connectivity index (χ1) is 13.2. The molecule has 3 rings (SSSR count). The highest BCUT2D eigenvalue weighted by Crippen LogP contribution is 2.29. The number of aromatic nitrogens is 2. The first-order valence-electron chi connectivity index (χ1n) is 9.21. The number of hydrogen-bond acceptors (Lipinski definition) is 4. The van der Waals surface area contributed by atoms with Crippen LogP contribution in [0.25, 0.3) is 22.7 Å². The normalized spacial score (nSPS) is 11.4. The highest BCUT2D eigenvalue weighted by Gasteiger charge is 2.11. The standard InChI is InChI=1S/C22H23N3O2/c1-3-11-26-18-10-9-16(21(14-18)27-12-4-2)13-17(15-23)22-24-19-7-5-6-8-20(19)25-22/h5-10,13-14H,3-4,11-12H2,1-2H3,(H,24,25). The second kappa shape index (κ2) is 8.91. The fourth-order valence-corrected chi connectivity index (χ4v) is 2.67. The van der Waals surface area contributed by atoms with Crippen LogP contribution in [0.4, 0.5) is 0 Å². The maximum Gasteiger partial charge on any atom is 0.149 e. The predicted molar refractivity (Wildman–Crippen MR) is 108 cm³/mol. The maximum absolute atomic E-state index is 9.66. The van der Waals surface area contributed by atoms with Crippen molar-refractivity contribution in [3.8, 4) is 17.6 Å². The van der Waals surface area contributed by atoms with Crippen molar-refractivity contribution in [3.05, 3.63) is 53.9 Å². The third-order valence-electron chi connectivity index (χ3n) is 3.98. The van der Waals surface area contributed by atoms with Crippen molar-refractivity contribution in [1.29, 1.82) is 5.26 Å². The van der Waals surface area contributed by atoms with Crippen LogP contribution >= 0.6 is 0 Å². The second-order valence-electron chi connectivity index (χ2n) is 6.17. The number of nitriles is 1. The molecule has 0 fully saturated rings. The molecule has 0 aliphatic rings. The molecule has 1 N–H and O–H groups in total. The highest BCUT2D eigenvalue weighted by atomic mass is 16.5. The van der Waals surface area contributed by atoms with Crippen LogP contribution in [0.2, 0.25) is 0 Å². The van der Waals surface area contributed by atoms with E-state index in [1.807, 2.05) is 42.5 Å². The fraction of sp³-hybridized carbons (Fsp3) is 0.273. The van der Waals surface area contributed by atoms with E-state index in [4.69, 9.17) is 9.47 Å². The van der Waals surface area contributed by atoms with Gasteiger partial charge in [-0.2, -0.15) is 5.26 Å². The quantitative estimate of drug-likeness (QED) is 0.559. The Morgan fingerprint density at radius 1 is 1.11 bits per heavy atom. The van der Waals surface area contributed by atoms with E-state index in [9.17, 15) is 5.26 Å². The molecule has 0 saturated carbocycles. The summed E-state index contributed by atoms with van der Waals surface area (Å²) in [5, 5.41) is 9.66. The molecule has 0 amide bonds. The van der Waals surface area contributed by atoms with Crippen molar-refractivity contribution in [2.75, 3.05) is 13.2 Å². The molecule has 27 heavy (non-hydrogen) atoms. The monoisotopic (exact) mass is 361 g/mol. The van der Waals surface area contributed by atoms with E-state index in [2.05, 4.69) is 29.9 Å². The number of rotatable bonds is 8. The molecule has 138 valence electrons. The van der Waals surface area contributed by atoms with Crippen molar-refractivity contribution in [1.82, 2.24) is 9.97 Å². The molecule has 0 atom stereocenters. The molecule has 0 aliphatic heterocycles. The number of aromatic amines is 1. The van der Waals surface area contributed by atoms with Crippen LogP contribution in [-0.2, 0) is 0 Å². The number of H-pyrrole nitrogens is 1. The number of nitrogens with one attached hydrogen (secondary N) is 1. The summed E-state index contributed by atoms with van der Waals surface area (Å²) in [6.07, 6.45) is 3.64. The smallest absolute Gasteiger partial charge is 0.149 e. The van der Waals surface area contributed by atoms with Gasteiger partial charge in [0.1, 0.15) is 23.4 Å². The highest BCUT2D eigenvalue weighted by molar-refractivity contribution is 5.91. The van der Waals surface area contributed by atoms with Crippen molar-refractivity contribution in [3.63, 3.8) is 0 Å². The van der Waals surface area contributed by atoms with E-state index < -0.39 is 0 Å². The minimum Gasteiger partial charge on any atom is -0.493 e. The lowest BCUT2D eigenvalue weighted by molar-refractivity contribution is 0.301. The van der Waals surface area contributed by atoms with Crippen LogP contribution in [0.1, 0.15) is 38.1 Å². The molecular formula is C22H23N3O2. The van der Waals surface area contributed by atoms with Gasteiger partial charge in [0.05, 0.1) is 29.8 Å². The van der Waals surface area contributed by atoms with E-state index >= 15 is 0 Å². The van der Waals surface area contributed by atoms with Gasteiger partial charge in [-0.05, 0) is 43.2 Å². The van der Waals surface area contributed by atoms with E-state index in [-0.39, 0.29) is 0 Å². The molecular weight excluding hydrogens is 338 g/mol. The zero-order chi connectivity index (χ0) is 19.1. The van der Waals surface area contributed by atoms with Gasteiger partial charge in [0, 0.05) is 11.6 Å². The Morgan fingerprint density at radius 3 is 2.63 bits per heavy atom. The number of hydrogen-bond donors (Lipinski definition) is 1. The number of nitrogens with zero attached hydrogens (tertiary/aromatic N) is 2. The van der Waals surface area contributed by atoms with Crippen LogP contribution in [0.5, 0.6) is 11.5 Å². The molecule has 0 saturated heterocycles. The third kappa shape index (κ3) is 4.48. The summed E-state index contributed by atoms with van der Waals surface area (Å²) in [4.78, 5) is 7.72. The summed E-state index contributed by atoms with van der Waals surface area (Å²) in [5.74, 6) is 2.02. The minimum absolute atomic E-state index is 0.453. The molecule has 0 aliphatic carbocycles. The predicted octanol–water partition coefficient (Wildman–Crippen LogP) is 5.20. The summed E-state index contributed by atoms with van der Waals surface area (Å²) in [7, 11) is 0. The van der Waals surface area contributed by atoms with Crippen molar-refractivity contribution >= 4 is 22.7 Å². The average molecular weight is 361 g/mol. The summed E-state index contributed by atoms with van der Waals surface area (Å²) in [6.45, 7) is 5.38. The zero-order valence-corrected chi connectivity index (χ0v) is 15.7. The fourth-order valence-electron chi connectivity index (χ4n) is 2.67. The Labute approximate surface area is 159 Å². The number of allylic oxidation sites excluding steroid dienone is 1. The average Bonchev–Trinajstić information content (AvgIpc) is 3.13. The second-order valence-corrected chi connectivity index (χ2v) is 6.17. The first-order valence-corrected chi connectivity index (χ1v) is 9.21. The Kier molecular flexibility index (Phi) is 6.11. The van der Waals surface area contributed by atoms with Gasteiger partial charge >= 0.3 is 0 Å². The largest absolute Gasteiger partial charge is 0.493 e. The van der Waals surface area contributed by atoms with Gasteiger partial charge in [0.25, 0.3) is 0 Å². The molecule has 1 heterocycles. The molecule has 0 radical (unpaired) electrons. The lowest BCUT2D eigenvalue weighted by atomic mass is 10.1.